The highest BCUT2D eigenvalue weighted by Gasteiger charge is 2.52. The predicted molar refractivity (Wildman–Crippen MR) is 63.3 cm³/mol. The lowest BCUT2D eigenvalue weighted by molar-refractivity contribution is -0.135. The summed E-state index contributed by atoms with van der Waals surface area (Å²) in [6, 6.07) is -0.304. The third kappa shape index (κ3) is 2.45. The number of amides is 3. The molecule has 3 aliphatic rings. The third-order valence-electron chi connectivity index (χ3n) is 3.62. The van der Waals surface area contributed by atoms with Crippen molar-refractivity contribution in [1.82, 2.24) is 9.80 Å². The lowest BCUT2D eigenvalue weighted by atomic mass is 10.0. The molecule has 3 heterocycles. The first-order valence-corrected chi connectivity index (χ1v) is 6.44. The Hall–Kier alpha value is -1.18. The summed E-state index contributed by atoms with van der Waals surface area (Å²) in [5.41, 5.74) is -0.831. The van der Waals surface area contributed by atoms with Crippen molar-refractivity contribution >= 4 is 11.9 Å². The zero-order valence-corrected chi connectivity index (χ0v) is 11.1. The van der Waals surface area contributed by atoms with Gasteiger partial charge in [-0.15, -0.1) is 0 Å². The second-order valence-corrected chi connectivity index (χ2v) is 5.60. The molecule has 106 valence electrons. The van der Waals surface area contributed by atoms with Crippen LogP contribution >= 0.6 is 0 Å². The second kappa shape index (κ2) is 4.43. The Morgan fingerprint density at radius 1 is 1.26 bits per heavy atom. The van der Waals surface area contributed by atoms with Crippen molar-refractivity contribution in [1.29, 1.82) is 0 Å². The van der Waals surface area contributed by atoms with E-state index in [0.29, 0.717) is 26.4 Å². The quantitative estimate of drug-likeness (QED) is 0.493. The van der Waals surface area contributed by atoms with Crippen LogP contribution in [0.4, 0.5) is 4.79 Å². The molecular weight excluding hydrogens is 252 g/mol. The average molecular weight is 270 g/mol. The minimum atomic E-state index is -0.831. The van der Waals surface area contributed by atoms with Crippen LogP contribution in [0.3, 0.4) is 0 Å². The van der Waals surface area contributed by atoms with Crippen LogP contribution in [-0.2, 0) is 19.0 Å². The first kappa shape index (κ1) is 12.8. The molecule has 3 fully saturated rings. The van der Waals surface area contributed by atoms with Gasteiger partial charge in [-0.2, -0.15) is 0 Å². The van der Waals surface area contributed by atoms with Gasteiger partial charge >= 0.3 is 6.03 Å². The number of carbonyl (C=O) groups is 2. The van der Waals surface area contributed by atoms with E-state index in [1.807, 2.05) is 0 Å². The number of rotatable bonds is 6. The molecule has 0 aromatic rings. The Morgan fingerprint density at radius 2 is 1.89 bits per heavy atom. The van der Waals surface area contributed by atoms with E-state index in [2.05, 4.69) is 0 Å². The van der Waals surface area contributed by atoms with Gasteiger partial charge in [-0.1, -0.05) is 0 Å². The number of imide groups is 1. The van der Waals surface area contributed by atoms with Gasteiger partial charge in [0.25, 0.3) is 5.91 Å². The Kier molecular flexibility index (Phi) is 2.99. The van der Waals surface area contributed by atoms with Gasteiger partial charge in [-0.3, -0.25) is 4.79 Å². The molecule has 0 bridgehead atoms. The Balaban J connectivity index is 1.62. The zero-order chi connectivity index (χ0) is 13.6. The van der Waals surface area contributed by atoms with E-state index >= 15 is 0 Å². The third-order valence-corrected chi connectivity index (χ3v) is 3.62. The van der Waals surface area contributed by atoms with Gasteiger partial charge in [-0.05, 0) is 13.8 Å². The van der Waals surface area contributed by atoms with E-state index in [-0.39, 0.29) is 30.9 Å². The lowest BCUT2D eigenvalue weighted by Gasteiger charge is -2.26. The molecule has 0 saturated carbocycles. The van der Waals surface area contributed by atoms with Gasteiger partial charge in [0.05, 0.1) is 32.5 Å². The minimum absolute atomic E-state index is 0.0109. The van der Waals surface area contributed by atoms with Crippen LogP contribution in [0.1, 0.15) is 13.8 Å². The fraction of sp³-hybridized carbons (Fsp3) is 0.833. The van der Waals surface area contributed by atoms with Crippen LogP contribution in [0.2, 0.25) is 0 Å². The molecule has 0 aliphatic carbocycles. The molecule has 0 aromatic carbocycles. The average Bonchev–Trinajstić information content (AvgIpc) is 3.23. The number of nitrogens with zero attached hydrogens (tertiary/aromatic N) is 2. The highest BCUT2D eigenvalue weighted by molar-refractivity contribution is 6.06. The largest absolute Gasteiger partial charge is 0.371 e. The highest BCUT2D eigenvalue weighted by Crippen LogP contribution is 2.29. The van der Waals surface area contributed by atoms with Crippen molar-refractivity contribution in [3.05, 3.63) is 0 Å². The number of carbonyl (C=O) groups excluding carboxylic acids is 2. The first-order chi connectivity index (χ1) is 9.00. The Labute approximate surface area is 111 Å². The standard InChI is InChI=1S/C12H18N2O5/c1-12(2)10(15)13(7-17-4-9-6-19-9)11(16)14(12)3-8-5-18-8/h8-9H,3-7H2,1-2H3. The number of epoxide rings is 2. The molecule has 0 radical (unpaired) electrons. The number of ether oxygens (including phenoxy) is 3. The highest BCUT2D eigenvalue weighted by atomic mass is 16.6. The summed E-state index contributed by atoms with van der Waals surface area (Å²) >= 11 is 0. The molecule has 0 spiro atoms. The van der Waals surface area contributed by atoms with Crippen LogP contribution in [0.25, 0.3) is 0 Å². The van der Waals surface area contributed by atoms with Gasteiger partial charge in [0.15, 0.2) is 0 Å². The topological polar surface area (TPSA) is 74.9 Å². The van der Waals surface area contributed by atoms with Crippen molar-refractivity contribution in [2.75, 3.05) is 33.1 Å². The fourth-order valence-corrected chi connectivity index (χ4v) is 2.15. The number of urea groups is 1. The van der Waals surface area contributed by atoms with Gasteiger partial charge in [0, 0.05) is 0 Å². The smallest absolute Gasteiger partial charge is 0.329 e. The number of hydrogen-bond acceptors (Lipinski definition) is 5. The summed E-state index contributed by atoms with van der Waals surface area (Å²) in [5, 5.41) is 0. The van der Waals surface area contributed by atoms with Gasteiger partial charge in [0.2, 0.25) is 0 Å². The predicted octanol–water partition coefficient (Wildman–Crippen LogP) is -0.199. The molecule has 0 aromatic heterocycles. The molecule has 3 aliphatic heterocycles. The first-order valence-electron chi connectivity index (χ1n) is 6.44. The molecule has 2 unspecified atom stereocenters. The minimum Gasteiger partial charge on any atom is -0.371 e. The maximum absolute atomic E-state index is 12.3. The van der Waals surface area contributed by atoms with Gasteiger partial charge in [0.1, 0.15) is 18.4 Å². The van der Waals surface area contributed by atoms with Crippen LogP contribution in [-0.4, -0.2) is 72.6 Å². The van der Waals surface area contributed by atoms with Crippen molar-refractivity contribution in [2.24, 2.45) is 0 Å². The second-order valence-electron chi connectivity index (χ2n) is 5.60. The summed E-state index contributed by atoms with van der Waals surface area (Å²) < 4.78 is 15.5. The lowest BCUT2D eigenvalue weighted by Crippen LogP contribution is -2.45. The van der Waals surface area contributed by atoms with E-state index in [4.69, 9.17) is 14.2 Å². The van der Waals surface area contributed by atoms with E-state index in [1.165, 1.54) is 0 Å². The van der Waals surface area contributed by atoms with Crippen LogP contribution in [0.15, 0.2) is 0 Å². The van der Waals surface area contributed by atoms with Crippen molar-refractivity contribution < 1.29 is 23.8 Å². The molecule has 3 saturated heterocycles. The monoisotopic (exact) mass is 270 g/mol. The maximum Gasteiger partial charge on any atom is 0.329 e. The molecule has 7 heteroatoms. The number of hydrogen-bond donors (Lipinski definition) is 0. The van der Waals surface area contributed by atoms with E-state index in [1.54, 1.807) is 18.7 Å². The van der Waals surface area contributed by atoms with Crippen LogP contribution in [0, 0.1) is 0 Å². The normalized spacial score (nSPS) is 32.1. The van der Waals surface area contributed by atoms with E-state index in [9.17, 15) is 9.59 Å². The maximum atomic E-state index is 12.3. The molecule has 19 heavy (non-hydrogen) atoms. The SMILES string of the molecule is CC1(C)C(=O)N(COCC2CO2)C(=O)N1CC1CO1. The summed E-state index contributed by atoms with van der Waals surface area (Å²) in [5.74, 6) is -0.227. The van der Waals surface area contributed by atoms with Crippen LogP contribution in [0.5, 0.6) is 0 Å². The molecular formula is C12H18N2O5. The van der Waals surface area contributed by atoms with Gasteiger partial charge < -0.3 is 19.1 Å². The van der Waals surface area contributed by atoms with Crippen LogP contribution < -0.4 is 0 Å². The van der Waals surface area contributed by atoms with Crippen molar-refractivity contribution in [3.8, 4) is 0 Å². The summed E-state index contributed by atoms with van der Waals surface area (Å²) in [6.07, 6.45) is 0.188. The fourth-order valence-electron chi connectivity index (χ4n) is 2.15. The van der Waals surface area contributed by atoms with Crippen molar-refractivity contribution in [2.45, 2.75) is 31.6 Å². The van der Waals surface area contributed by atoms with E-state index in [0.717, 1.165) is 4.90 Å². The van der Waals surface area contributed by atoms with E-state index < -0.39 is 5.54 Å². The Bertz CT molecular complexity index is 403. The van der Waals surface area contributed by atoms with Gasteiger partial charge in [-0.25, -0.2) is 9.69 Å². The summed E-state index contributed by atoms with van der Waals surface area (Å²) in [6.45, 7) is 5.72. The molecule has 3 amide bonds. The Morgan fingerprint density at radius 3 is 2.47 bits per heavy atom. The summed E-state index contributed by atoms with van der Waals surface area (Å²) in [7, 11) is 0. The summed E-state index contributed by atoms with van der Waals surface area (Å²) in [4.78, 5) is 27.2. The molecule has 7 nitrogen and oxygen atoms in total. The molecule has 3 rings (SSSR count). The molecule has 2 atom stereocenters. The zero-order valence-electron chi connectivity index (χ0n) is 11.1. The molecule has 0 N–H and O–H groups in total. The van der Waals surface area contributed by atoms with Crippen molar-refractivity contribution in [3.63, 3.8) is 0 Å².